The van der Waals surface area contributed by atoms with E-state index in [1.807, 2.05) is 19.0 Å². The summed E-state index contributed by atoms with van der Waals surface area (Å²) in [6.45, 7) is 0. The summed E-state index contributed by atoms with van der Waals surface area (Å²) < 4.78 is 29.1. The predicted molar refractivity (Wildman–Crippen MR) is 71.4 cm³/mol. The van der Waals surface area contributed by atoms with Crippen molar-refractivity contribution in [2.75, 3.05) is 31.3 Å². The average Bonchev–Trinajstić information content (AvgIpc) is 2.54. The van der Waals surface area contributed by atoms with E-state index in [0.29, 0.717) is 11.4 Å². The summed E-state index contributed by atoms with van der Waals surface area (Å²) in [6.07, 6.45) is -0.341. The Bertz CT molecular complexity index is 528. The van der Waals surface area contributed by atoms with Gasteiger partial charge in [-0.25, -0.2) is 8.42 Å². The Hall–Kier alpha value is -1.27. The molecule has 0 bridgehead atoms. The lowest BCUT2D eigenvalue weighted by atomic mass is 10.2. The van der Waals surface area contributed by atoms with E-state index in [1.165, 1.54) is 0 Å². The van der Waals surface area contributed by atoms with E-state index in [0.717, 1.165) is 0 Å². The third-order valence-corrected chi connectivity index (χ3v) is 4.77. The Balaban J connectivity index is 2.17. The largest absolute Gasteiger partial charge is 0.488 e. The van der Waals surface area contributed by atoms with E-state index >= 15 is 0 Å². The van der Waals surface area contributed by atoms with Crippen molar-refractivity contribution in [3.05, 3.63) is 24.3 Å². The second kappa shape index (κ2) is 4.78. The van der Waals surface area contributed by atoms with Gasteiger partial charge in [-0.15, -0.1) is 0 Å². The first-order valence-electron chi connectivity index (χ1n) is 5.76. The van der Waals surface area contributed by atoms with Crippen LogP contribution in [0.1, 0.15) is 0 Å². The lowest BCUT2D eigenvalue weighted by Crippen LogP contribution is -2.41. The fourth-order valence-electron chi connectivity index (χ4n) is 2.15. The smallest absolute Gasteiger partial charge is 0.155 e. The van der Waals surface area contributed by atoms with Gasteiger partial charge in [0.1, 0.15) is 11.9 Å². The first-order valence-corrected chi connectivity index (χ1v) is 7.58. The molecule has 2 rings (SSSR count). The standard InChI is InChI=1S/C12H18N2O3S/c1-14(2)11-7-18(15,16)8-12(11)17-10-5-3-4-9(13)6-10/h3-6,11-12H,7-8,13H2,1-2H3. The molecular formula is C12H18N2O3S. The summed E-state index contributed by atoms with van der Waals surface area (Å²) in [4.78, 5) is 1.89. The number of ether oxygens (including phenoxy) is 1. The highest BCUT2D eigenvalue weighted by Gasteiger charge is 2.40. The van der Waals surface area contributed by atoms with Gasteiger partial charge in [-0.3, -0.25) is 0 Å². The lowest BCUT2D eigenvalue weighted by Gasteiger charge is -2.25. The molecule has 0 radical (unpaired) electrons. The minimum Gasteiger partial charge on any atom is -0.488 e. The lowest BCUT2D eigenvalue weighted by molar-refractivity contribution is 0.135. The SMILES string of the molecule is CN(C)C1CS(=O)(=O)CC1Oc1cccc(N)c1. The fourth-order valence-corrected chi connectivity index (χ4v) is 4.11. The molecule has 1 heterocycles. The van der Waals surface area contributed by atoms with Gasteiger partial charge in [0, 0.05) is 11.8 Å². The fraction of sp³-hybridized carbons (Fsp3) is 0.500. The van der Waals surface area contributed by atoms with Crippen LogP contribution in [0, 0.1) is 0 Å². The number of nitrogens with two attached hydrogens (primary N) is 1. The zero-order valence-corrected chi connectivity index (χ0v) is 11.4. The Labute approximate surface area is 107 Å². The molecule has 2 N–H and O–H groups in total. The summed E-state index contributed by atoms with van der Waals surface area (Å²) in [6, 6.07) is 6.93. The summed E-state index contributed by atoms with van der Waals surface area (Å²) in [7, 11) is 0.707. The van der Waals surface area contributed by atoms with Crippen molar-refractivity contribution >= 4 is 15.5 Å². The summed E-state index contributed by atoms with van der Waals surface area (Å²) >= 11 is 0. The van der Waals surface area contributed by atoms with Gasteiger partial charge in [-0.2, -0.15) is 0 Å². The molecule has 0 amide bonds. The van der Waals surface area contributed by atoms with Gasteiger partial charge in [0.25, 0.3) is 0 Å². The number of rotatable bonds is 3. The summed E-state index contributed by atoms with van der Waals surface area (Å²) in [5, 5.41) is 0. The van der Waals surface area contributed by atoms with Crippen LogP contribution in [0.25, 0.3) is 0 Å². The van der Waals surface area contributed by atoms with E-state index < -0.39 is 9.84 Å². The first-order chi connectivity index (χ1) is 8.37. The van der Waals surface area contributed by atoms with Crippen molar-refractivity contribution in [1.82, 2.24) is 4.90 Å². The zero-order valence-electron chi connectivity index (χ0n) is 10.5. The van der Waals surface area contributed by atoms with Crippen LogP contribution in [0.3, 0.4) is 0 Å². The zero-order chi connectivity index (χ0) is 13.3. The number of nitrogens with zero attached hydrogens (tertiary/aromatic N) is 1. The third-order valence-electron chi connectivity index (χ3n) is 3.08. The maximum absolute atomic E-state index is 11.7. The molecular weight excluding hydrogens is 252 g/mol. The van der Waals surface area contributed by atoms with E-state index in [1.54, 1.807) is 24.3 Å². The summed E-state index contributed by atoms with van der Waals surface area (Å²) in [5.74, 6) is 0.821. The highest BCUT2D eigenvalue weighted by atomic mass is 32.2. The molecule has 5 nitrogen and oxygen atoms in total. The van der Waals surface area contributed by atoms with Crippen LogP contribution in [0.4, 0.5) is 5.69 Å². The molecule has 0 aromatic heterocycles. The second-order valence-corrected chi connectivity index (χ2v) is 6.99. The minimum absolute atomic E-state index is 0.0602. The first kappa shape index (κ1) is 13.2. The molecule has 0 spiro atoms. The molecule has 1 saturated heterocycles. The molecule has 1 aliphatic heterocycles. The molecule has 1 aliphatic rings. The molecule has 0 saturated carbocycles. The number of hydrogen-bond acceptors (Lipinski definition) is 5. The number of anilines is 1. The van der Waals surface area contributed by atoms with Gasteiger partial charge in [-0.05, 0) is 26.2 Å². The maximum Gasteiger partial charge on any atom is 0.155 e. The van der Waals surface area contributed by atoms with E-state index in [2.05, 4.69) is 0 Å². The summed E-state index contributed by atoms with van der Waals surface area (Å²) in [5.41, 5.74) is 6.28. The normalized spacial score (nSPS) is 26.4. The molecule has 1 fully saturated rings. The predicted octanol–water partition coefficient (Wildman–Crippen LogP) is 0.375. The van der Waals surface area contributed by atoms with Crippen molar-refractivity contribution in [2.24, 2.45) is 0 Å². The van der Waals surface area contributed by atoms with Crippen LogP contribution in [0.15, 0.2) is 24.3 Å². The Kier molecular flexibility index (Phi) is 3.49. The quantitative estimate of drug-likeness (QED) is 0.804. The average molecular weight is 270 g/mol. The van der Waals surface area contributed by atoms with Gasteiger partial charge in [-0.1, -0.05) is 6.07 Å². The highest BCUT2D eigenvalue weighted by molar-refractivity contribution is 7.91. The monoisotopic (exact) mass is 270 g/mol. The maximum atomic E-state index is 11.7. The van der Waals surface area contributed by atoms with E-state index in [4.69, 9.17) is 10.5 Å². The van der Waals surface area contributed by atoms with Gasteiger partial charge < -0.3 is 15.4 Å². The second-order valence-electron chi connectivity index (χ2n) is 4.84. The van der Waals surface area contributed by atoms with Crippen LogP contribution in [0.5, 0.6) is 5.75 Å². The van der Waals surface area contributed by atoms with Crippen molar-refractivity contribution in [1.29, 1.82) is 0 Å². The van der Waals surface area contributed by atoms with Crippen LogP contribution >= 0.6 is 0 Å². The number of benzene rings is 1. The Morgan fingerprint density at radius 2 is 2.06 bits per heavy atom. The molecule has 100 valence electrons. The molecule has 6 heteroatoms. The highest BCUT2D eigenvalue weighted by Crippen LogP contribution is 2.23. The molecule has 1 aromatic carbocycles. The minimum atomic E-state index is -3.02. The number of likely N-dealkylation sites (N-methyl/N-ethyl adjacent to an activating group) is 1. The van der Waals surface area contributed by atoms with Crippen LogP contribution in [-0.2, 0) is 9.84 Å². The molecule has 18 heavy (non-hydrogen) atoms. The molecule has 0 aliphatic carbocycles. The van der Waals surface area contributed by atoms with Gasteiger partial charge in [0.2, 0.25) is 0 Å². The van der Waals surface area contributed by atoms with E-state index in [-0.39, 0.29) is 23.7 Å². The van der Waals surface area contributed by atoms with Gasteiger partial charge >= 0.3 is 0 Å². The number of hydrogen-bond donors (Lipinski definition) is 1. The van der Waals surface area contributed by atoms with Gasteiger partial charge in [0.15, 0.2) is 9.84 Å². The Morgan fingerprint density at radius 3 is 2.67 bits per heavy atom. The third kappa shape index (κ3) is 2.94. The number of sulfone groups is 1. The van der Waals surface area contributed by atoms with Crippen LogP contribution in [-0.4, -0.2) is 51.1 Å². The van der Waals surface area contributed by atoms with E-state index in [9.17, 15) is 8.42 Å². The van der Waals surface area contributed by atoms with Crippen molar-refractivity contribution in [3.63, 3.8) is 0 Å². The molecule has 1 aromatic rings. The van der Waals surface area contributed by atoms with Crippen molar-refractivity contribution < 1.29 is 13.2 Å². The van der Waals surface area contributed by atoms with Crippen molar-refractivity contribution in [3.8, 4) is 5.75 Å². The topological polar surface area (TPSA) is 72.6 Å². The van der Waals surface area contributed by atoms with Crippen molar-refractivity contribution in [2.45, 2.75) is 12.1 Å². The Morgan fingerprint density at radius 1 is 1.33 bits per heavy atom. The molecule has 2 atom stereocenters. The van der Waals surface area contributed by atoms with Crippen LogP contribution < -0.4 is 10.5 Å². The molecule has 2 unspecified atom stereocenters. The van der Waals surface area contributed by atoms with Crippen LogP contribution in [0.2, 0.25) is 0 Å². The van der Waals surface area contributed by atoms with Gasteiger partial charge in [0.05, 0.1) is 17.5 Å². The number of nitrogen functional groups attached to an aromatic ring is 1.